The highest BCUT2D eigenvalue weighted by molar-refractivity contribution is 7.90. The van der Waals surface area contributed by atoms with Gasteiger partial charge in [-0.2, -0.15) is 0 Å². The third-order valence-electron chi connectivity index (χ3n) is 6.44. The molecule has 1 atom stereocenters. The van der Waals surface area contributed by atoms with E-state index in [-0.39, 0.29) is 22.1 Å². The first-order valence-electron chi connectivity index (χ1n) is 11.1. The van der Waals surface area contributed by atoms with Crippen molar-refractivity contribution in [3.8, 4) is 0 Å². The maximum Gasteiger partial charge on any atom is 0.192 e. The molecule has 0 saturated heterocycles. The number of benzene rings is 2. The van der Waals surface area contributed by atoms with Crippen LogP contribution in [0.3, 0.4) is 0 Å². The van der Waals surface area contributed by atoms with Crippen molar-refractivity contribution in [3.05, 3.63) is 69.3 Å². The summed E-state index contributed by atoms with van der Waals surface area (Å²) in [7, 11) is -1.42. The van der Waals surface area contributed by atoms with Gasteiger partial charge in [0.25, 0.3) is 0 Å². The topological polar surface area (TPSA) is 34.1 Å². The highest BCUT2D eigenvalue weighted by Crippen LogP contribution is 2.54. The Balaban J connectivity index is 2.10. The number of carbonyl (C=O) groups excluding carboxylic acids is 2. The Kier molecular flexibility index (Phi) is 6.68. The summed E-state index contributed by atoms with van der Waals surface area (Å²) in [6, 6.07) is 10.3. The van der Waals surface area contributed by atoms with Crippen LogP contribution in [0.15, 0.2) is 30.3 Å². The van der Waals surface area contributed by atoms with Crippen LogP contribution in [-0.4, -0.2) is 16.7 Å². The molecule has 0 spiro atoms. The van der Waals surface area contributed by atoms with E-state index in [0.29, 0.717) is 0 Å². The van der Waals surface area contributed by atoms with Gasteiger partial charge in [0.05, 0.1) is 0 Å². The standard InChI is InChI=1S/C27H35O2P/c1-17-11-10-12-18(2)23(17)25(28)30(22-13-8-9-14-22)26(29)24-19(3)15-21(16-20(24)4)27(5,6)7/h10-12,15-16,22H,8-9,13-14H2,1-7H3. The van der Waals surface area contributed by atoms with Crippen LogP contribution in [0.5, 0.6) is 0 Å². The molecule has 3 heteroatoms. The predicted octanol–water partition coefficient (Wildman–Crippen LogP) is 7.62. The lowest BCUT2D eigenvalue weighted by Gasteiger charge is -2.26. The summed E-state index contributed by atoms with van der Waals surface area (Å²) in [4.78, 5) is 27.8. The average Bonchev–Trinajstić information content (AvgIpc) is 3.14. The predicted molar refractivity (Wildman–Crippen MR) is 128 cm³/mol. The molecule has 0 bridgehead atoms. The van der Waals surface area contributed by atoms with Crippen LogP contribution in [0.25, 0.3) is 0 Å². The first-order valence-corrected chi connectivity index (χ1v) is 12.5. The molecule has 0 radical (unpaired) electrons. The SMILES string of the molecule is Cc1cccc(C)c1C(=O)P(C(=O)c1c(C)cc(C(C)(C)C)cc1C)C1CCCC1. The smallest absolute Gasteiger partial charge is 0.192 e. The lowest BCUT2D eigenvalue weighted by Crippen LogP contribution is -2.19. The number of aryl methyl sites for hydroxylation is 4. The summed E-state index contributed by atoms with van der Waals surface area (Å²) in [6.45, 7) is 14.6. The molecule has 0 aliphatic heterocycles. The zero-order valence-electron chi connectivity index (χ0n) is 19.6. The van der Waals surface area contributed by atoms with E-state index in [2.05, 4.69) is 32.9 Å². The molecule has 1 saturated carbocycles. The molecule has 0 heterocycles. The van der Waals surface area contributed by atoms with Gasteiger partial charge < -0.3 is 0 Å². The molecule has 2 aromatic rings. The molecule has 2 nitrogen and oxygen atoms in total. The Morgan fingerprint density at radius 2 is 1.23 bits per heavy atom. The maximum atomic E-state index is 14.0. The second kappa shape index (κ2) is 8.75. The van der Waals surface area contributed by atoms with Gasteiger partial charge in [-0.15, -0.1) is 0 Å². The second-order valence-corrected chi connectivity index (χ2v) is 12.2. The number of rotatable bonds is 5. The summed E-state index contributed by atoms with van der Waals surface area (Å²) < 4.78 is 0. The molecule has 160 valence electrons. The molecule has 2 aromatic carbocycles. The lowest BCUT2D eigenvalue weighted by atomic mass is 9.84. The van der Waals surface area contributed by atoms with E-state index < -0.39 is 7.92 Å². The van der Waals surface area contributed by atoms with Gasteiger partial charge >= 0.3 is 0 Å². The van der Waals surface area contributed by atoms with Crippen LogP contribution in [0.1, 0.15) is 95.0 Å². The molecule has 0 amide bonds. The van der Waals surface area contributed by atoms with E-state index in [1.807, 2.05) is 45.9 Å². The quantitative estimate of drug-likeness (QED) is 0.464. The molecule has 1 unspecified atom stereocenters. The van der Waals surface area contributed by atoms with E-state index in [0.717, 1.165) is 59.1 Å². The normalized spacial score (nSPS) is 16.0. The summed E-state index contributed by atoms with van der Waals surface area (Å²) >= 11 is 0. The minimum atomic E-state index is -1.42. The third-order valence-corrected chi connectivity index (χ3v) is 9.00. The molecular weight excluding hydrogens is 387 g/mol. The Morgan fingerprint density at radius 3 is 1.67 bits per heavy atom. The van der Waals surface area contributed by atoms with Crippen molar-refractivity contribution < 1.29 is 9.59 Å². The fourth-order valence-corrected chi connectivity index (χ4v) is 7.63. The van der Waals surface area contributed by atoms with E-state index >= 15 is 0 Å². The van der Waals surface area contributed by atoms with Gasteiger partial charge in [0.15, 0.2) is 11.0 Å². The van der Waals surface area contributed by atoms with Gasteiger partial charge in [-0.25, -0.2) is 0 Å². The monoisotopic (exact) mass is 422 g/mol. The van der Waals surface area contributed by atoms with Crippen molar-refractivity contribution in [1.29, 1.82) is 0 Å². The Labute approximate surface area is 183 Å². The lowest BCUT2D eigenvalue weighted by molar-refractivity contribution is 0.104. The van der Waals surface area contributed by atoms with Crippen molar-refractivity contribution in [2.75, 3.05) is 0 Å². The van der Waals surface area contributed by atoms with Crippen molar-refractivity contribution in [2.24, 2.45) is 0 Å². The Morgan fingerprint density at radius 1 is 0.800 bits per heavy atom. The minimum Gasteiger partial charge on any atom is -0.289 e. The summed E-state index contributed by atoms with van der Waals surface area (Å²) in [6.07, 6.45) is 4.23. The number of hydrogen-bond donors (Lipinski definition) is 0. The van der Waals surface area contributed by atoms with Crippen molar-refractivity contribution in [1.82, 2.24) is 0 Å². The van der Waals surface area contributed by atoms with Crippen LogP contribution in [0.4, 0.5) is 0 Å². The highest BCUT2D eigenvalue weighted by atomic mass is 31.1. The van der Waals surface area contributed by atoms with Crippen LogP contribution >= 0.6 is 7.92 Å². The third kappa shape index (κ3) is 4.45. The molecule has 3 rings (SSSR count). The molecule has 1 aliphatic rings. The molecule has 30 heavy (non-hydrogen) atoms. The molecule has 0 N–H and O–H groups in total. The van der Waals surface area contributed by atoms with E-state index in [9.17, 15) is 9.59 Å². The van der Waals surface area contributed by atoms with Gasteiger partial charge in [-0.05, 0) is 79.4 Å². The van der Waals surface area contributed by atoms with Crippen molar-refractivity contribution in [2.45, 2.75) is 85.2 Å². The zero-order valence-corrected chi connectivity index (χ0v) is 20.5. The van der Waals surface area contributed by atoms with Gasteiger partial charge in [-0.3, -0.25) is 9.59 Å². The zero-order chi connectivity index (χ0) is 22.2. The molecule has 0 aromatic heterocycles. The Hall–Kier alpha value is -1.79. The molecule has 1 aliphatic carbocycles. The fourth-order valence-electron chi connectivity index (χ4n) is 4.71. The first-order chi connectivity index (χ1) is 14.0. The largest absolute Gasteiger partial charge is 0.289 e. The second-order valence-electron chi connectivity index (χ2n) is 9.92. The van der Waals surface area contributed by atoms with E-state index in [1.165, 1.54) is 5.56 Å². The van der Waals surface area contributed by atoms with Crippen LogP contribution in [0, 0.1) is 27.7 Å². The average molecular weight is 423 g/mol. The van der Waals surface area contributed by atoms with Crippen molar-refractivity contribution >= 4 is 19.0 Å². The van der Waals surface area contributed by atoms with Gasteiger partial charge in [0.2, 0.25) is 0 Å². The molecular formula is C27H35O2P. The van der Waals surface area contributed by atoms with Gasteiger partial charge in [-0.1, -0.05) is 63.9 Å². The number of hydrogen-bond acceptors (Lipinski definition) is 2. The fraction of sp³-hybridized carbons (Fsp3) is 0.481. The van der Waals surface area contributed by atoms with Gasteiger partial charge in [0, 0.05) is 19.0 Å². The molecule has 1 fully saturated rings. The van der Waals surface area contributed by atoms with Crippen molar-refractivity contribution in [3.63, 3.8) is 0 Å². The van der Waals surface area contributed by atoms with Crippen LogP contribution in [-0.2, 0) is 5.41 Å². The van der Waals surface area contributed by atoms with E-state index in [1.54, 1.807) is 0 Å². The highest BCUT2D eigenvalue weighted by Gasteiger charge is 2.39. The Bertz CT molecular complexity index is 932. The minimum absolute atomic E-state index is 0.0291. The number of carbonyl (C=O) groups is 2. The summed E-state index contributed by atoms with van der Waals surface area (Å²) in [5.41, 5.74) is 7.16. The van der Waals surface area contributed by atoms with E-state index in [4.69, 9.17) is 0 Å². The summed E-state index contributed by atoms with van der Waals surface area (Å²) in [5.74, 6) is 0. The van der Waals surface area contributed by atoms with Crippen LogP contribution < -0.4 is 0 Å². The van der Waals surface area contributed by atoms with Gasteiger partial charge in [0.1, 0.15) is 0 Å². The summed E-state index contributed by atoms with van der Waals surface area (Å²) in [5, 5.41) is 0. The maximum absolute atomic E-state index is 14.0. The van der Waals surface area contributed by atoms with Crippen LogP contribution in [0.2, 0.25) is 0 Å². The first kappa shape index (κ1) is 22.9.